The second-order valence-corrected chi connectivity index (χ2v) is 10.2. The first kappa shape index (κ1) is 23.2. The van der Waals surface area contributed by atoms with Gasteiger partial charge in [-0.2, -0.15) is 13.4 Å². The van der Waals surface area contributed by atoms with Crippen molar-refractivity contribution in [3.63, 3.8) is 0 Å². The number of rotatable bonds is 5. The summed E-state index contributed by atoms with van der Waals surface area (Å²) in [6.45, 7) is 4.50. The van der Waals surface area contributed by atoms with Crippen LogP contribution >= 0.6 is 0 Å². The van der Waals surface area contributed by atoms with E-state index < -0.39 is 10.0 Å². The number of sulfonamides is 1. The molecule has 10 nitrogen and oxygen atoms in total. The Labute approximate surface area is 203 Å². The third-order valence-electron chi connectivity index (χ3n) is 6.39. The van der Waals surface area contributed by atoms with Crippen molar-refractivity contribution < 1.29 is 17.7 Å². The van der Waals surface area contributed by atoms with Crippen LogP contribution in [0.3, 0.4) is 0 Å². The average Bonchev–Trinajstić information content (AvgIpc) is 3.47. The number of benzene rings is 2. The molecule has 2 aromatic carbocycles. The monoisotopic (exact) mass is 494 g/mol. The van der Waals surface area contributed by atoms with Crippen molar-refractivity contribution in [3.05, 3.63) is 66.1 Å². The quantitative estimate of drug-likeness (QED) is 0.530. The van der Waals surface area contributed by atoms with E-state index in [0.717, 1.165) is 5.56 Å². The fourth-order valence-electron chi connectivity index (χ4n) is 4.37. The maximum atomic E-state index is 13.0. The van der Waals surface area contributed by atoms with Crippen LogP contribution in [0.25, 0.3) is 11.4 Å². The summed E-state index contributed by atoms with van der Waals surface area (Å²) in [6, 6.07) is 16.3. The molecule has 0 saturated carbocycles. The predicted molar refractivity (Wildman–Crippen MR) is 129 cm³/mol. The van der Waals surface area contributed by atoms with E-state index in [1.54, 1.807) is 35.0 Å². The Morgan fingerprint density at radius 3 is 2.49 bits per heavy atom. The number of likely N-dealkylation sites (N-methyl/N-ethyl adjacent to an activating group) is 1. The van der Waals surface area contributed by atoms with Crippen LogP contribution in [0.15, 0.2) is 68.4 Å². The number of piperazine rings is 1. The fourth-order valence-corrected chi connectivity index (χ4v) is 5.62. The second-order valence-electron chi connectivity index (χ2n) is 8.66. The molecule has 3 aromatic rings. The molecule has 1 aromatic heterocycles. The molecule has 0 N–H and O–H groups in total. The zero-order valence-electron chi connectivity index (χ0n) is 19.5. The van der Waals surface area contributed by atoms with Gasteiger partial charge in [0.05, 0.1) is 12.6 Å². The first-order valence-electron chi connectivity index (χ1n) is 11.4. The number of amides is 1. The van der Waals surface area contributed by atoms with Gasteiger partial charge in [0.25, 0.3) is 10.0 Å². The lowest BCUT2D eigenvalue weighted by molar-refractivity contribution is -0.133. The molecule has 35 heavy (non-hydrogen) atoms. The molecule has 1 fully saturated rings. The zero-order valence-corrected chi connectivity index (χ0v) is 20.4. The van der Waals surface area contributed by atoms with Crippen LogP contribution in [0.2, 0.25) is 0 Å². The van der Waals surface area contributed by atoms with Gasteiger partial charge in [0.15, 0.2) is 5.84 Å². The van der Waals surface area contributed by atoms with Crippen molar-refractivity contribution in [2.45, 2.75) is 17.9 Å². The highest BCUT2D eigenvalue weighted by Crippen LogP contribution is 2.27. The van der Waals surface area contributed by atoms with Crippen molar-refractivity contribution in [3.8, 4) is 11.4 Å². The molecule has 0 radical (unpaired) electrons. The summed E-state index contributed by atoms with van der Waals surface area (Å²) in [5.41, 5.74) is 1.42. The summed E-state index contributed by atoms with van der Waals surface area (Å²) in [5.74, 6) is 1.32. The minimum absolute atomic E-state index is 0.0440. The van der Waals surface area contributed by atoms with Gasteiger partial charge in [-0.25, -0.2) is 0 Å². The topological polar surface area (TPSA) is 112 Å². The van der Waals surface area contributed by atoms with Crippen LogP contribution in [0.1, 0.15) is 24.4 Å². The lowest BCUT2D eigenvalue weighted by atomic mass is 10.2. The fraction of sp³-hybridized carbons (Fsp3) is 0.333. The first-order chi connectivity index (χ1) is 16.8. The van der Waals surface area contributed by atoms with Gasteiger partial charge in [0, 0.05) is 44.4 Å². The van der Waals surface area contributed by atoms with Crippen LogP contribution < -0.4 is 0 Å². The van der Waals surface area contributed by atoms with Crippen LogP contribution in [0, 0.1) is 0 Å². The molecule has 182 valence electrons. The Morgan fingerprint density at radius 2 is 1.74 bits per heavy atom. The van der Waals surface area contributed by atoms with E-state index >= 15 is 0 Å². The molecule has 2 aliphatic heterocycles. The maximum Gasteiger partial charge on any atom is 0.285 e. The van der Waals surface area contributed by atoms with E-state index in [1.807, 2.05) is 37.3 Å². The summed E-state index contributed by atoms with van der Waals surface area (Å²) in [7, 11) is -2.04. The predicted octanol–water partition coefficient (Wildman–Crippen LogP) is 2.02. The molecule has 0 aliphatic carbocycles. The van der Waals surface area contributed by atoms with E-state index in [1.165, 1.54) is 6.07 Å². The van der Waals surface area contributed by atoms with E-state index in [2.05, 4.69) is 19.4 Å². The van der Waals surface area contributed by atoms with Crippen molar-refractivity contribution in [1.29, 1.82) is 0 Å². The van der Waals surface area contributed by atoms with Gasteiger partial charge in [0.2, 0.25) is 17.6 Å². The van der Waals surface area contributed by atoms with Crippen molar-refractivity contribution in [1.82, 2.24) is 24.8 Å². The molecule has 5 rings (SSSR count). The molecule has 1 amide bonds. The Balaban J connectivity index is 1.18. The van der Waals surface area contributed by atoms with Crippen LogP contribution in [-0.2, 0) is 14.8 Å². The van der Waals surface area contributed by atoms with Gasteiger partial charge in [-0.3, -0.25) is 9.69 Å². The first-order valence-corrected chi connectivity index (χ1v) is 12.8. The van der Waals surface area contributed by atoms with Gasteiger partial charge in [0.1, 0.15) is 4.90 Å². The molecule has 1 saturated heterocycles. The third kappa shape index (κ3) is 4.56. The third-order valence-corrected chi connectivity index (χ3v) is 7.72. The number of hydrogen-bond donors (Lipinski definition) is 0. The smallest absolute Gasteiger partial charge is 0.285 e. The standard InChI is InChI=1S/C24H26N6O4S/c1-17(24-25-22(26-34-24)18-8-4-3-5-9-18)29-12-14-30(15-13-29)21(31)16-28(2)23-19-10-6-7-11-20(19)35(32,33)27-23/h3-11,17H,12-16H2,1-2H3. The minimum Gasteiger partial charge on any atom is -0.349 e. The van der Waals surface area contributed by atoms with Crippen LogP contribution in [0.4, 0.5) is 0 Å². The SMILES string of the molecule is CC(c1nc(-c2ccccc2)no1)N1CCN(C(=O)CN(C)C2=NS(=O)(=O)c3ccccc32)CC1. The largest absolute Gasteiger partial charge is 0.349 e. The normalized spacial score (nSPS) is 18.1. The number of carbonyl (C=O) groups is 1. The van der Waals surface area contributed by atoms with Crippen molar-refractivity contribution in [2.75, 3.05) is 39.8 Å². The Kier molecular flexibility index (Phi) is 6.12. The lowest BCUT2D eigenvalue weighted by Crippen LogP contribution is -2.51. The van der Waals surface area contributed by atoms with E-state index in [4.69, 9.17) is 4.52 Å². The number of nitrogens with zero attached hydrogens (tertiary/aromatic N) is 6. The molecule has 3 heterocycles. The molecule has 0 bridgehead atoms. The maximum absolute atomic E-state index is 13.0. The average molecular weight is 495 g/mol. The summed E-state index contributed by atoms with van der Waals surface area (Å²) in [6.07, 6.45) is 0. The Bertz CT molecular complexity index is 1360. The highest BCUT2D eigenvalue weighted by molar-refractivity contribution is 7.90. The Hall–Kier alpha value is -3.57. The highest BCUT2D eigenvalue weighted by Gasteiger charge is 2.32. The van der Waals surface area contributed by atoms with Gasteiger partial charge < -0.3 is 14.3 Å². The molecule has 11 heteroatoms. The summed E-state index contributed by atoms with van der Waals surface area (Å²) >= 11 is 0. The van der Waals surface area contributed by atoms with E-state index in [0.29, 0.717) is 49.3 Å². The van der Waals surface area contributed by atoms with E-state index in [-0.39, 0.29) is 23.4 Å². The highest BCUT2D eigenvalue weighted by atomic mass is 32.2. The molecule has 1 unspecified atom stereocenters. The Morgan fingerprint density at radius 1 is 1.06 bits per heavy atom. The summed E-state index contributed by atoms with van der Waals surface area (Å²) in [5, 5.41) is 4.11. The molecule has 0 spiro atoms. The number of amidine groups is 1. The van der Waals surface area contributed by atoms with E-state index in [9.17, 15) is 13.2 Å². The van der Waals surface area contributed by atoms with Gasteiger partial charge in [-0.1, -0.05) is 47.6 Å². The molecular weight excluding hydrogens is 468 g/mol. The molecule has 2 aliphatic rings. The zero-order chi connectivity index (χ0) is 24.6. The second kappa shape index (κ2) is 9.23. The summed E-state index contributed by atoms with van der Waals surface area (Å²) in [4.78, 5) is 23.3. The number of aromatic nitrogens is 2. The summed E-state index contributed by atoms with van der Waals surface area (Å²) < 4.78 is 34.0. The number of fused-ring (bicyclic) bond motifs is 1. The van der Waals surface area contributed by atoms with Gasteiger partial charge >= 0.3 is 0 Å². The van der Waals surface area contributed by atoms with Crippen LogP contribution in [0.5, 0.6) is 0 Å². The number of carbonyl (C=O) groups excluding carboxylic acids is 1. The van der Waals surface area contributed by atoms with Gasteiger partial charge in [-0.05, 0) is 19.1 Å². The van der Waals surface area contributed by atoms with Crippen molar-refractivity contribution >= 4 is 21.8 Å². The van der Waals surface area contributed by atoms with Gasteiger partial charge in [-0.15, -0.1) is 4.40 Å². The van der Waals surface area contributed by atoms with Crippen LogP contribution in [-0.4, -0.2) is 84.8 Å². The molecular formula is C24H26N6O4S. The molecule has 1 atom stereocenters. The lowest BCUT2D eigenvalue weighted by Gasteiger charge is -2.37. The number of hydrogen-bond acceptors (Lipinski definition) is 8. The minimum atomic E-state index is -3.72. The van der Waals surface area contributed by atoms with Crippen molar-refractivity contribution in [2.24, 2.45) is 4.40 Å².